The van der Waals surface area contributed by atoms with Crippen LogP contribution in [0.5, 0.6) is 0 Å². The molecule has 27 heteroatoms. The van der Waals surface area contributed by atoms with E-state index in [-0.39, 0.29) is 88.5 Å². The summed E-state index contributed by atoms with van der Waals surface area (Å²) >= 11 is 20.7. The summed E-state index contributed by atoms with van der Waals surface area (Å²) in [5.74, 6) is -1.15. The molecule has 7 aromatic carbocycles. The third-order valence-corrected chi connectivity index (χ3v) is 16.8. The molecule has 5 fully saturated rings. The average molecular weight is 1770 g/mol. The van der Waals surface area contributed by atoms with Crippen molar-refractivity contribution in [1.82, 2.24) is 20.0 Å². The fourth-order valence-electron chi connectivity index (χ4n) is 11.8. The van der Waals surface area contributed by atoms with Gasteiger partial charge in [0.1, 0.15) is 55.9 Å². The van der Waals surface area contributed by atoms with Crippen LogP contribution in [0.2, 0.25) is 39.7 Å². The Morgan fingerprint density at radius 2 is 0.891 bits per heavy atom. The van der Waals surface area contributed by atoms with Crippen molar-refractivity contribution in [2.75, 3.05) is 26.2 Å². The summed E-state index contributed by atoms with van der Waals surface area (Å²) in [7, 11) is 0. The average Bonchev–Trinajstić information content (AvgIpc) is 1.61. The van der Waals surface area contributed by atoms with E-state index in [0.29, 0.717) is 33.7 Å². The molecule has 0 aliphatic carbocycles. The Morgan fingerprint density at radius 3 is 1.34 bits per heavy atom. The van der Waals surface area contributed by atoms with Gasteiger partial charge in [-0.1, -0.05) is 225 Å². The summed E-state index contributed by atoms with van der Waals surface area (Å²) in [4.78, 5) is 42.3. The Balaban J connectivity index is 0.000000181. The van der Waals surface area contributed by atoms with Crippen LogP contribution in [-0.2, 0) is 82.0 Å². The molecule has 6 aliphatic rings. The van der Waals surface area contributed by atoms with Gasteiger partial charge in [0.2, 0.25) is 0 Å². The zero-order chi connectivity index (χ0) is 72.5. The second-order valence-electron chi connectivity index (χ2n) is 25.7. The van der Waals surface area contributed by atoms with E-state index in [1.165, 1.54) is 4.90 Å². The van der Waals surface area contributed by atoms with Crippen LogP contribution in [0.25, 0.3) is 0 Å². The number of carbonyl (C=O) groups is 3. The number of aliphatic hydroxyl groups is 2. The molecule has 6 aliphatic heterocycles. The normalized spacial score (nSPS) is 23.2. The van der Waals surface area contributed by atoms with Crippen LogP contribution in [-0.4, -0.2) is 123 Å². The van der Waals surface area contributed by atoms with Crippen molar-refractivity contribution in [2.24, 2.45) is 0 Å². The Kier molecular flexibility index (Phi) is 30.4. The number of halogens is 5. The van der Waals surface area contributed by atoms with E-state index < -0.39 is 56.3 Å². The Hall–Kier alpha value is -6.25. The van der Waals surface area contributed by atoms with Crippen LogP contribution in [0, 0.1) is 0 Å². The minimum atomic E-state index is -6.06. The van der Waals surface area contributed by atoms with Gasteiger partial charge < -0.3 is 48.7 Å². The number of nitrogens with one attached hydrogen (secondary N) is 1. The first kappa shape index (κ1) is 82.0. The first-order valence-electron chi connectivity index (χ1n) is 32.0. The second-order valence-corrected chi connectivity index (χ2v) is 43.8. The molecule has 6 heterocycles. The molecule has 0 bridgehead atoms. The van der Waals surface area contributed by atoms with Crippen molar-refractivity contribution < 1.29 is 86.8 Å². The monoisotopic (exact) mass is 1770 g/mol. The summed E-state index contributed by atoms with van der Waals surface area (Å²) in [6.45, 7) is 17.1. The molecule has 0 aromatic heterocycles. The van der Waals surface area contributed by atoms with Gasteiger partial charge in [0.25, 0.3) is 0 Å². The molecule has 3 amide bonds. The van der Waals surface area contributed by atoms with Gasteiger partial charge in [0.05, 0.1) is 43.4 Å². The maximum atomic E-state index is 12.8. The van der Waals surface area contributed by atoms with E-state index in [2.05, 4.69) is 52.8 Å². The van der Waals surface area contributed by atoms with Crippen molar-refractivity contribution in [2.45, 2.75) is 147 Å². The molecule has 544 valence electrons. The van der Waals surface area contributed by atoms with E-state index >= 15 is 0 Å². The van der Waals surface area contributed by atoms with Crippen LogP contribution in [0.15, 0.2) is 200 Å². The summed E-state index contributed by atoms with van der Waals surface area (Å²) in [5.41, 5.74) is 5.85. The Bertz CT molecular complexity index is 4120. The zero-order valence-corrected chi connectivity index (χ0v) is 64.7. The van der Waals surface area contributed by atoms with Crippen LogP contribution in [0.3, 0.4) is 0 Å². The number of hydrogen-bond acceptors (Lipinski definition) is 17. The first-order valence-corrected chi connectivity index (χ1v) is 44.2. The van der Waals surface area contributed by atoms with E-state index in [1.54, 1.807) is 34.1 Å². The second kappa shape index (κ2) is 37.5. The number of amides is 3. The molecule has 5 saturated heterocycles. The van der Waals surface area contributed by atoms with Crippen molar-refractivity contribution in [3.8, 4) is 0 Å². The standard InChI is InChI=1S/C21H22ClNO4.C18H18ClNO4.C18H16ClNO2.C13H16ClNO2.C3H9ISi.CH4.4O.Os/c1-21(2)26-17-12-23(20(24)25-13-14-7-4-3-5-8-14)18(19(17)27-21)15-9-6-10-16(22)11-15;19-14-8-4-7-13(9-14)16-17(22)15(21)10-20(16)18(23)24-11-12-5-2-1-3-6-12;19-16-9-4-8-15(12-16)17-10-5-11-20(17)18(21)22-13-14-6-2-1-3-7-14;1-13(2)16-10-7-15-11(12(10)17-13)8-4-3-5-9(14)6-8;1-5(2,3)4;;;;;;/h3-11,17-19H,12-13H2,1-2H3;1-9,15-17,21-22H,10-11H2;1-10,12,17H,11,13H2;3-6,10-12,15H,7H2,1-2H3;1-3H3;1H4;;;;;/t17?,18?,19-;15-,16?,17-;;10?,11?,12-;;;;;;;/m00.0......./s1. The van der Waals surface area contributed by atoms with Gasteiger partial charge in [0.15, 0.2) is 11.6 Å². The van der Waals surface area contributed by atoms with Gasteiger partial charge in [-0.25, -0.2) is 14.4 Å². The number of likely N-dealkylation sites (tertiary alicyclic amines) is 2. The first-order chi connectivity index (χ1) is 47.3. The number of carbonyl (C=O) groups excluding carboxylic acids is 3. The van der Waals surface area contributed by atoms with Gasteiger partial charge >= 0.3 is 47.3 Å². The number of benzene rings is 7. The summed E-state index contributed by atoms with van der Waals surface area (Å²) in [5, 5.41) is 26.2. The molecule has 10 atom stereocenters. The van der Waals surface area contributed by atoms with E-state index in [1.807, 2.05) is 198 Å². The fraction of sp³-hybridized carbons (Fsp3) is 0.365. The number of aliphatic hydroxyl groups excluding tert-OH is 2. The van der Waals surface area contributed by atoms with Crippen molar-refractivity contribution in [3.63, 3.8) is 0 Å². The summed E-state index contributed by atoms with van der Waals surface area (Å²) in [6.07, 6.45) is 0.297. The van der Waals surface area contributed by atoms with Crippen molar-refractivity contribution in [1.29, 1.82) is 0 Å². The molecule has 3 N–H and O–H groups in total. The van der Waals surface area contributed by atoms with E-state index in [9.17, 15) is 24.6 Å². The minimum absolute atomic E-state index is 0. The van der Waals surface area contributed by atoms with Crippen LogP contribution in [0.1, 0.15) is 98.2 Å². The third kappa shape index (κ3) is 25.6. The van der Waals surface area contributed by atoms with E-state index in [4.69, 9.17) is 93.7 Å². The molecule has 7 aromatic rings. The zero-order valence-electron chi connectivity index (χ0n) is 56.0. The number of rotatable bonds is 10. The quantitative estimate of drug-likeness (QED) is 0.0379. The molecule has 13 rings (SSSR count). The number of ether oxygens (including phenoxy) is 7. The predicted molar refractivity (Wildman–Crippen MR) is 390 cm³/mol. The van der Waals surface area contributed by atoms with Crippen LogP contribution < -0.4 is 5.32 Å². The molecule has 101 heavy (non-hydrogen) atoms. The van der Waals surface area contributed by atoms with Gasteiger partial charge in [-0.15, -0.1) is 21.8 Å². The van der Waals surface area contributed by atoms with Crippen molar-refractivity contribution >= 4 is 92.1 Å². The third-order valence-electron chi connectivity index (χ3n) is 15.8. The summed E-state index contributed by atoms with van der Waals surface area (Å²) in [6, 6.07) is 57.5. The number of fused-ring (bicyclic) bond motifs is 2. The Morgan fingerprint density at radius 1 is 0.525 bits per heavy atom. The van der Waals surface area contributed by atoms with Gasteiger partial charge in [-0.2, -0.15) is 0 Å². The molecule has 0 radical (unpaired) electrons. The predicted octanol–water partition coefficient (Wildman–Crippen LogP) is 16.8. The van der Waals surface area contributed by atoms with Gasteiger partial charge in [-0.05, 0) is 115 Å². The summed E-state index contributed by atoms with van der Waals surface area (Å²) < 4.78 is 74.7. The van der Waals surface area contributed by atoms with Crippen LogP contribution >= 0.6 is 68.2 Å². The molecule has 0 spiro atoms. The Labute approximate surface area is 626 Å². The maximum absolute atomic E-state index is 12.8. The number of β-amino-alcohol motifs (C(OH)–C–C–N with tert-alkyl or cyclic N) is 1. The molecular weight excluding hydrogens is 1690 g/mol. The fourth-order valence-corrected chi connectivity index (χ4v) is 12.6. The van der Waals surface area contributed by atoms with Gasteiger partial charge in [-0.3, -0.25) is 14.7 Å². The topological polar surface area (TPSA) is 246 Å². The molecular formula is C74H85Cl4IN4O16OsSi. The van der Waals surface area contributed by atoms with Gasteiger partial charge in [0, 0.05) is 33.2 Å². The molecule has 20 nitrogen and oxygen atoms in total. The molecule has 6 unspecified atom stereocenters. The molecule has 0 saturated carbocycles. The van der Waals surface area contributed by atoms with Crippen molar-refractivity contribution in [3.05, 3.63) is 259 Å². The van der Waals surface area contributed by atoms with E-state index in [0.717, 1.165) is 44.9 Å². The number of nitrogens with zero attached hydrogens (tertiary/aromatic N) is 3. The van der Waals surface area contributed by atoms with Crippen LogP contribution in [0.4, 0.5) is 14.4 Å². The SMILES string of the molecule is C.CC1(C)OC2CN(C(=O)OCc3ccccc3)C(c3cccc(Cl)c3)[C@H]2O1.CC1(C)OC2CNC(c3cccc(Cl)c3)[C@H]2O1.C[Si](C)(C)I.O=C(OCc1ccccc1)N1CC=CC1c1cccc(Cl)c1.O=C(OCc1ccccc1)N1C[C@H](O)[C@H](O)C1c1cccc(Cl)c1.[O]=[Os](=[O])(=[O])=[O]. The number of hydrogen-bond donors (Lipinski definition) is 3.